The molecule has 3 aromatic rings. The van der Waals surface area contributed by atoms with Gasteiger partial charge < -0.3 is 4.74 Å². The van der Waals surface area contributed by atoms with Crippen LogP contribution in [0.25, 0.3) is 16.8 Å². The summed E-state index contributed by atoms with van der Waals surface area (Å²) >= 11 is 0. The smallest absolute Gasteiger partial charge is 0.262 e. The normalized spacial score (nSPS) is 12.6. The quantitative estimate of drug-likeness (QED) is 0.546. The van der Waals surface area contributed by atoms with Crippen LogP contribution >= 0.6 is 0 Å². The average molecular weight is 372 g/mol. The van der Waals surface area contributed by atoms with Gasteiger partial charge in [0.25, 0.3) is 5.91 Å². The van der Waals surface area contributed by atoms with Crippen LogP contribution in [0.15, 0.2) is 66.7 Å². The molecule has 2 N–H and O–H groups in total. The summed E-state index contributed by atoms with van der Waals surface area (Å²) < 4.78 is 5.47. The number of benzene rings is 3. The van der Waals surface area contributed by atoms with Crippen LogP contribution < -0.4 is 15.6 Å². The molecule has 1 heterocycles. The lowest BCUT2D eigenvalue weighted by molar-refractivity contribution is -0.126. The van der Waals surface area contributed by atoms with E-state index in [0.717, 1.165) is 39.6 Å². The number of carbonyl (C=O) groups excluding carboxylic acids is 2. The second-order valence-corrected chi connectivity index (χ2v) is 6.65. The van der Waals surface area contributed by atoms with E-state index in [1.807, 2.05) is 60.7 Å². The number of hydrogen-bond acceptors (Lipinski definition) is 3. The van der Waals surface area contributed by atoms with Crippen molar-refractivity contribution in [1.29, 1.82) is 0 Å². The van der Waals surface area contributed by atoms with Gasteiger partial charge in [0.2, 0.25) is 5.91 Å². The van der Waals surface area contributed by atoms with Crippen molar-refractivity contribution < 1.29 is 14.3 Å². The van der Waals surface area contributed by atoms with Crippen molar-refractivity contribution in [3.63, 3.8) is 0 Å². The van der Waals surface area contributed by atoms with Crippen molar-refractivity contribution in [2.24, 2.45) is 0 Å². The lowest BCUT2D eigenvalue weighted by atomic mass is 10.0. The molecule has 3 aromatic carbocycles. The molecule has 0 aromatic heterocycles. The Hall–Kier alpha value is -3.60. The topological polar surface area (TPSA) is 67.4 Å². The van der Waals surface area contributed by atoms with Crippen molar-refractivity contribution in [2.45, 2.75) is 12.8 Å². The fourth-order valence-corrected chi connectivity index (χ4v) is 3.32. The highest BCUT2D eigenvalue weighted by atomic mass is 16.5. The summed E-state index contributed by atoms with van der Waals surface area (Å²) in [6.07, 6.45) is 4.18. The van der Waals surface area contributed by atoms with Crippen molar-refractivity contribution in [1.82, 2.24) is 10.9 Å². The molecule has 0 spiro atoms. The zero-order valence-electron chi connectivity index (χ0n) is 15.3. The molecule has 2 amide bonds. The molecule has 0 radical (unpaired) electrons. The van der Waals surface area contributed by atoms with E-state index in [1.165, 1.54) is 6.08 Å². The Balaban J connectivity index is 1.32. The number of ether oxygens (including phenoxy) is 1. The number of amides is 2. The maximum atomic E-state index is 12.2. The molecular weight excluding hydrogens is 352 g/mol. The number of hydrogen-bond donors (Lipinski definition) is 2. The largest absolute Gasteiger partial charge is 0.493 e. The predicted octanol–water partition coefficient (Wildman–Crippen LogP) is 3.18. The minimum atomic E-state index is -0.386. The SMILES string of the molecule is O=C(/C=C/c1ccc2c(c1)CCO2)NNC(=O)Cc1cccc2ccccc12. The zero-order chi connectivity index (χ0) is 19.3. The zero-order valence-corrected chi connectivity index (χ0v) is 15.3. The summed E-state index contributed by atoms with van der Waals surface area (Å²) in [5.41, 5.74) is 7.87. The molecular formula is C23H20N2O3. The number of fused-ring (bicyclic) bond motifs is 2. The number of hydrazine groups is 1. The molecule has 1 aliphatic heterocycles. The minimum Gasteiger partial charge on any atom is -0.493 e. The predicted molar refractivity (Wildman–Crippen MR) is 109 cm³/mol. The molecule has 0 saturated carbocycles. The molecule has 0 aliphatic carbocycles. The van der Waals surface area contributed by atoms with Gasteiger partial charge in [-0.05, 0) is 45.7 Å². The second-order valence-electron chi connectivity index (χ2n) is 6.65. The lowest BCUT2D eigenvalue weighted by Gasteiger charge is -2.08. The first kappa shape index (κ1) is 17.8. The summed E-state index contributed by atoms with van der Waals surface area (Å²) in [4.78, 5) is 24.2. The van der Waals surface area contributed by atoms with Gasteiger partial charge in [-0.1, -0.05) is 48.5 Å². The fraction of sp³-hybridized carbons (Fsp3) is 0.130. The molecule has 0 saturated heterocycles. The monoisotopic (exact) mass is 372 g/mol. The standard InChI is InChI=1S/C23H20N2O3/c26-22(11-9-16-8-10-21-19(14-16)12-13-28-21)24-25-23(27)15-18-6-3-5-17-4-1-2-7-20(17)18/h1-11,14H,12-13,15H2,(H,24,26)(H,25,27)/b11-9+. The summed E-state index contributed by atoms with van der Waals surface area (Å²) in [6.45, 7) is 0.700. The van der Waals surface area contributed by atoms with Gasteiger partial charge in [0.15, 0.2) is 0 Å². The van der Waals surface area contributed by atoms with Gasteiger partial charge in [0, 0.05) is 12.5 Å². The number of rotatable bonds is 4. The molecule has 5 nitrogen and oxygen atoms in total. The number of nitrogens with one attached hydrogen (secondary N) is 2. The Bertz CT molecular complexity index is 1070. The summed E-state index contributed by atoms with van der Waals surface area (Å²) in [5.74, 6) is 0.248. The van der Waals surface area contributed by atoms with Gasteiger partial charge in [0.05, 0.1) is 13.0 Å². The van der Waals surface area contributed by atoms with Crippen LogP contribution in [0.2, 0.25) is 0 Å². The highest BCUT2D eigenvalue weighted by Crippen LogP contribution is 2.26. The van der Waals surface area contributed by atoms with Gasteiger partial charge in [-0.2, -0.15) is 0 Å². The summed E-state index contributed by atoms with van der Waals surface area (Å²) in [5, 5.41) is 2.12. The summed E-state index contributed by atoms with van der Waals surface area (Å²) in [7, 11) is 0. The summed E-state index contributed by atoms with van der Waals surface area (Å²) in [6, 6.07) is 19.6. The van der Waals surface area contributed by atoms with Crippen molar-refractivity contribution in [3.8, 4) is 5.75 Å². The molecule has 140 valence electrons. The first-order chi connectivity index (χ1) is 13.7. The van der Waals surface area contributed by atoms with Crippen LogP contribution in [0, 0.1) is 0 Å². The van der Waals surface area contributed by atoms with E-state index < -0.39 is 0 Å². The van der Waals surface area contributed by atoms with Gasteiger partial charge in [0.1, 0.15) is 5.75 Å². The third kappa shape index (κ3) is 4.04. The van der Waals surface area contributed by atoms with Gasteiger partial charge in [-0.15, -0.1) is 0 Å². The Morgan fingerprint density at radius 2 is 1.86 bits per heavy atom. The molecule has 0 atom stereocenters. The Kier molecular flexibility index (Phi) is 5.06. The van der Waals surface area contributed by atoms with Crippen LogP contribution in [0.1, 0.15) is 16.7 Å². The van der Waals surface area contributed by atoms with Gasteiger partial charge >= 0.3 is 0 Å². The molecule has 0 fully saturated rings. The van der Waals surface area contributed by atoms with Crippen LogP contribution in [-0.4, -0.2) is 18.4 Å². The molecule has 1 aliphatic rings. The highest BCUT2D eigenvalue weighted by molar-refractivity contribution is 5.94. The molecule has 28 heavy (non-hydrogen) atoms. The van der Waals surface area contributed by atoms with Crippen LogP contribution in [0.4, 0.5) is 0 Å². The first-order valence-electron chi connectivity index (χ1n) is 9.18. The van der Waals surface area contributed by atoms with E-state index in [9.17, 15) is 9.59 Å². The fourth-order valence-electron chi connectivity index (χ4n) is 3.32. The van der Waals surface area contributed by atoms with E-state index in [1.54, 1.807) is 6.08 Å². The second kappa shape index (κ2) is 7.96. The maximum absolute atomic E-state index is 12.2. The molecule has 0 bridgehead atoms. The van der Waals surface area contributed by atoms with Gasteiger partial charge in [-0.25, -0.2) is 0 Å². The van der Waals surface area contributed by atoms with Crippen LogP contribution in [-0.2, 0) is 22.4 Å². The van der Waals surface area contributed by atoms with E-state index in [0.29, 0.717) is 6.61 Å². The third-order valence-corrected chi connectivity index (χ3v) is 4.70. The Labute approximate surface area is 163 Å². The lowest BCUT2D eigenvalue weighted by Crippen LogP contribution is -2.41. The van der Waals surface area contributed by atoms with Crippen molar-refractivity contribution in [3.05, 3.63) is 83.4 Å². The Morgan fingerprint density at radius 3 is 2.79 bits per heavy atom. The number of carbonyl (C=O) groups is 2. The first-order valence-corrected chi connectivity index (χ1v) is 9.18. The highest BCUT2D eigenvalue weighted by Gasteiger charge is 2.11. The van der Waals surface area contributed by atoms with E-state index in [2.05, 4.69) is 10.9 Å². The third-order valence-electron chi connectivity index (χ3n) is 4.70. The average Bonchev–Trinajstić information content (AvgIpc) is 3.19. The van der Waals surface area contributed by atoms with E-state index >= 15 is 0 Å². The van der Waals surface area contributed by atoms with E-state index in [4.69, 9.17) is 4.74 Å². The molecule has 5 heteroatoms. The van der Waals surface area contributed by atoms with Crippen LogP contribution in [0.3, 0.4) is 0 Å². The van der Waals surface area contributed by atoms with E-state index in [-0.39, 0.29) is 18.2 Å². The van der Waals surface area contributed by atoms with Crippen molar-refractivity contribution in [2.75, 3.05) is 6.61 Å². The Morgan fingerprint density at radius 1 is 1.00 bits per heavy atom. The molecule has 4 rings (SSSR count). The maximum Gasteiger partial charge on any atom is 0.262 e. The van der Waals surface area contributed by atoms with Crippen LogP contribution in [0.5, 0.6) is 5.75 Å². The minimum absolute atomic E-state index is 0.191. The van der Waals surface area contributed by atoms with Gasteiger partial charge in [-0.3, -0.25) is 20.4 Å². The molecule has 0 unspecified atom stereocenters. The van der Waals surface area contributed by atoms with Crippen molar-refractivity contribution >= 4 is 28.7 Å².